The van der Waals surface area contributed by atoms with Crippen LogP contribution in [0.3, 0.4) is 0 Å². The van der Waals surface area contributed by atoms with E-state index in [0.29, 0.717) is 6.61 Å². The van der Waals surface area contributed by atoms with Gasteiger partial charge in [0.15, 0.2) is 11.6 Å². The normalized spacial score (nSPS) is 11.1. The smallest absolute Gasteiger partial charge is 0.201 e. The fraction of sp³-hybridized carbons (Fsp3) is 0.552. The van der Waals surface area contributed by atoms with Gasteiger partial charge in [0.2, 0.25) is 5.82 Å². The molecule has 2 rings (SSSR count). The summed E-state index contributed by atoms with van der Waals surface area (Å²) in [4.78, 5) is 11.7. The van der Waals surface area contributed by atoms with Gasteiger partial charge < -0.3 is 14.6 Å². The third-order valence-electron chi connectivity index (χ3n) is 6.22. The van der Waals surface area contributed by atoms with Gasteiger partial charge in [0.25, 0.3) is 0 Å². The average molecular weight is 474 g/mol. The molecule has 0 atom stereocenters. The third kappa shape index (κ3) is 8.73. The number of halogens is 2. The predicted octanol–water partition coefficient (Wildman–Crippen LogP) is 7.64. The lowest BCUT2D eigenvalue weighted by atomic mass is 9.94. The van der Waals surface area contributed by atoms with Crippen molar-refractivity contribution in [1.82, 2.24) is 0 Å². The lowest BCUT2D eigenvalue weighted by Crippen LogP contribution is -2.23. The van der Waals surface area contributed by atoms with E-state index in [1.165, 1.54) is 50.3 Å². The number of aromatic carboxylic acids is 1. The Morgan fingerprint density at radius 2 is 1.38 bits per heavy atom. The number of ether oxygens (including phenoxy) is 1. The first-order valence-corrected chi connectivity index (χ1v) is 12.9. The Labute approximate surface area is 203 Å². The molecule has 0 bridgehead atoms. The fourth-order valence-electron chi connectivity index (χ4n) is 4.17. The summed E-state index contributed by atoms with van der Waals surface area (Å²) in [6.07, 6.45) is 14.1. The van der Waals surface area contributed by atoms with Crippen molar-refractivity contribution in [3.63, 3.8) is 0 Å². The quantitative estimate of drug-likeness (QED) is 0.222. The maximum Gasteiger partial charge on any atom is 0.201 e. The molecule has 0 fully saturated rings. The summed E-state index contributed by atoms with van der Waals surface area (Å²) in [6.45, 7) is 4.64. The number of carbonyl (C=O) groups excluding carboxylic acids is 1. The van der Waals surface area contributed by atoms with Gasteiger partial charge in [0, 0.05) is 11.1 Å². The molecule has 34 heavy (non-hydrogen) atoms. The molecular formula is C29H39F2O3-. The van der Waals surface area contributed by atoms with E-state index in [1.54, 1.807) is 12.1 Å². The van der Waals surface area contributed by atoms with Crippen molar-refractivity contribution in [1.29, 1.82) is 0 Å². The first kappa shape index (κ1) is 27.8. The van der Waals surface area contributed by atoms with E-state index in [-0.39, 0.29) is 22.4 Å². The maximum atomic E-state index is 15.0. The topological polar surface area (TPSA) is 49.4 Å². The number of rotatable bonds is 17. The predicted molar refractivity (Wildman–Crippen MR) is 132 cm³/mol. The summed E-state index contributed by atoms with van der Waals surface area (Å²) in [5.41, 5.74) is 0.809. The number of hydrogen-bond donors (Lipinski definition) is 0. The standard InChI is InChI=1S/C29H40F2O3/c1-3-5-7-9-10-11-13-15-22-16-17-24(29(32)33)25(21-22)23-18-19-26(28(31)27(23)30)34-20-14-12-8-6-4-2/h16-19,21H,3-15,20H2,1-2H3,(H,32,33)/p-1. The van der Waals surface area contributed by atoms with Crippen LogP contribution in [0.15, 0.2) is 30.3 Å². The highest BCUT2D eigenvalue weighted by molar-refractivity contribution is 5.95. The monoisotopic (exact) mass is 473 g/mol. The van der Waals surface area contributed by atoms with E-state index in [9.17, 15) is 18.7 Å². The molecule has 0 aliphatic carbocycles. The van der Waals surface area contributed by atoms with Gasteiger partial charge in [-0.15, -0.1) is 0 Å². The largest absolute Gasteiger partial charge is 0.545 e. The molecule has 5 heteroatoms. The minimum Gasteiger partial charge on any atom is -0.545 e. The third-order valence-corrected chi connectivity index (χ3v) is 6.22. The van der Waals surface area contributed by atoms with Crippen molar-refractivity contribution in [3.05, 3.63) is 53.1 Å². The Kier molecular flexibility index (Phi) is 12.7. The Balaban J connectivity index is 2.09. The molecule has 0 aliphatic heterocycles. The second-order valence-corrected chi connectivity index (χ2v) is 9.04. The Morgan fingerprint density at radius 3 is 2.03 bits per heavy atom. The minimum absolute atomic E-state index is 0.0894. The SMILES string of the molecule is CCCCCCCCCc1ccc(C(=O)[O-])c(-c2ccc(OCCCCCCC)c(F)c2F)c1. The highest BCUT2D eigenvalue weighted by Crippen LogP contribution is 2.33. The van der Waals surface area contributed by atoms with Gasteiger partial charge in [-0.25, -0.2) is 4.39 Å². The van der Waals surface area contributed by atoms with Crippen molar-refractivity contribution >= 4 is 5.97 Å². The summed E-state index contributed by atoms with van der Waals surface area (Å²) in [7, 11) is 0. The lowest BCUT2D eigenvalue weighted by molar-refractivity contribution is -0.254. The van der Waals surface area contributed by atoms with E-state index < -0.39 is 17.6 Å². The van der Waals surface area contributed by atoms with Gasteiger partial charge in [-0.2, -0.15) is 4.39 Å². The van der Waals surface area contributed by atoms with E-state index in [0.717, 1.165) is 56.9 Å². The van der Waals surface area contributed by atoms with Crippen molar-refractivity contribution in [3.8, 4) is 16.9 Å². The van der Waals surface area contributed by atoms with Crippen LogP contribution in [0.2, 0.25) is 0 Å². The molecule has 0 unspecified atom stereocenters. The number of hydrogen-bond acceptors (Lipinski definition) is 3. The van der Waals surface area contributed by atoms with Gasteiger partial charge in [0.1, 0.15) is 0 Å². The lowest BCUT2D eigenvalue weighted by Gasteiger charge is -2.15. The van der Waals surface area contributed by atoms with Crippen LogP contribution in [0, 0.1) is 11.6 Å². The van der Waals surface area contributed by atoms with Crippen LogP contribution in [0.4, 0.5) is 8.78 Å². The van der Waals surface area contributed by atoms with Gasteiger partial charge in [-0.3, -0.25) is 0 Å². The second kappa shape index (κ2) is 15.5. The summed E-state index contributed by atoms with van der Waals surface area (Å²) in [5, 5.41) is 11.7. The molecule has 0 heterocycles. The molecule has 0 amide bonds. The van der Waals surface area contributed by atoms with Crippen molar-refractivity contribution in [2.45, 2.75) is 97.3 Å². The molecular weight excluding hydrogens is 434 g/mol. The average Bonchev–Trinajstić information content (AvgIpc) is 2.83. The number of carboxylic acids is 1. The zero-order valence-electron chi connectivity index (χ0n) is 20.8. The van der Waals surface area contributed by atoms with Gasteiger partial charge in [-0.1, -0.05) is 96.3 Å². The molecule has 2 aromatic rings. The second-order valence-electron chi connectivity index (χ2n) is 9.04. The van der Waals surface area contributed by atoms with E-state index in [1.807, 2.05) is 0 Å². The van der Waals surface area contributed by atoms with Gasteiger partial charge >= 0.3 is 0 Å². The van der Waals surface area contributed by atoms with Crippen LogP contribution in [-0.4, -0.2) is 12.6 Å². The van der Waals surface area contributed by atoms with Crippen LogP contribution >= 0.6 is 0 Å². The molecule has 188 valence electrons. The molecule has 0 radical (unpaired) electrons. The molecule has 2 aromatic carbocycles. The van der Waals surface area contributed by atoms with Crippen LogP contribution < -0.4 is 9.84 Å². The van der Waals surface area contributed by atoms with Crippen molar-refractivity contribution in [2.24, 2.45) is 0 Å². The Morgan fingerprint density at radius 1 is 0.765 bits per heavy atom. The first-order valence-electron chi connectivity index (χ1n) is 12.9. The van der Waals surface area contributed by atoms with Crippen molar-refractivity contribution < 1.29 is 23.4 Å². The highest BCUT2D eigenvalue weighted by Gasteiger charge is 2.18. The fourth-order valence-corrected chi connectivity index (χ4v) is 4.17. The van der Waals surface area contributed by atoms with E-state index in [2.05, 4.69) is 13.8 Å². The summed E-state index contributed by atoms with van der Waals surface area (Å²) in [6, 6.07) is 7.58. The Bertz CT molecular complexity index is 895. The highest BCUT2D eigenvalue weighted by atomic mass is 19.2. The molecule has 0 aromatic heterocycles. The van der Waals surface area contributed by atoms with Crippen LogP contribution in [0.5, 0.6) is 5.75 Å². The maximum absolute atomic E-state index is 15.0. The van der Waals surface area contributed by atoms with Crippen molar-refractivity contribution in [2.75, 3.05) is 6.61 Å². The first-order chi connectivity index (χ1) is 16.5. The Hall–Kier alpha value is -2.43. The molecule has 0 saturated heterocycles. The van der Waals surface area contributed by atoms with Crippen LogP contribution in [0.1, 0.15) is 107 Å². The minimum atomic E-state index is -1.41. The number of carbonyl (C=O) groups is 1. The zero-order valence-corrected chi connectivity index (χ0v) is 20.8. The number of unbranched alkanes of at least 4 members (excludes halogenated alkanes) is 10. The van der Waals surface area contributed by atoms with Crippen LogP contribution in [0.25, 0.3) is 11.1 Å². The number of aryl methyl sites for hydroxylation is 1. The zero-order chi connectivity index (χ0) is 24.8. The van der Waals surface area contributed by atoms with Gasteiger partial charge in [-0.05, 0) is 42.5 Å². The molecule has 0 saturated carbocycles. The molecule has 0 spiro atoms. The summed E-state index contributed by atoms with van der Waals surface area (Å²) < 4.78 is 35.2. The molecule has 0 N–H and O–H groups in total. The summed E-state index contributed by atoms with van der Waals surface area (Å²) >= 11 is 0. The van der Waals surface area contributed by atoms with Crippen LogP contribution in [-0.2, 0) is 6.42 Å². The molecule has 0 aliphatic rings. The molecule has 3 nitrogen and oxygen atoms in total. The van der Waals surface area contributed by atoms with Gasteiger partial charge in [0.05, 0.1) is 12.6 Å². The summed E-state index contributed by atoms with van der Waals surface area (Å²) in [5.74, 6) is -3.75. The van der Waals surface area contributed by atoms with E-state index >= 15 is 0 Å². The van der Waals surface area contributed by atoms with E-state index in [4.69, 9.17) is 4.74 Å². The number of carboxylic acid groups (broad SMARTS) is 1. The number of benzene rings is 2.